The van der Waals surface area contributed by atoms with Crippen molar-refractivity contribution in [2.75, 3.05) is 20.2 Å². The van der Waals surface area contributed by atoms with Crippen molar-refractivity contribution >= 4 is 0 Å². The average molecular weight is 237 g/mol. The summed E-state index contributed by atoms with van der Waals surface area (Å²) in [5.41, 5.74) is 1.13. The molecule has 17 heavy (non-hydrogen) atoms. The van der Waals surface area contributed by atoms with Crippen molar-refractivity contribution in [1.29, 1.82) is 0 Å². The molecule has 0 saturated heterocycles. The maximum absolute atomic E-state index is 9.62. The predicted octanol–water partition coefficient (Wildman–Crippen LogP) is 2.72. The molecule has 0 aliphatic carbocycles. The van der Waals surface area contributed by atoms with Gasteiger partial charge in [0.2, 0.25) is 0 Å². The summed E-state index contributed by atoms with van der Waals surface area (Å²) in [6, 6.07) is 5.57. The van der Waals surface area contributed by atoms with Gasteiger partial charge in [0.1, 0.15) is 0 Å². The van der Waals surface area contributed by atoms with E-state index in [0.29, 0.717) is 5.75 Å². The Hall–Kier alpha value is -1.22. The molecule has 0 amide bonds. The van der Waals surface area contributed by atoms with E-state index in [0.717, 1.165) is 25.1 Å². The molecule has 0 aliphatic rings. The fourth-order valence-corrected chi connectivity index (χ4v) is 1.75. The third-order valence-corrected chi connectivity index (χ3v) is 2.79. The summed E-state index contributed by atoms with van der Waals surface area (Å²) >= 11 is 0. The molecule has 3 heteroatoms. The van der Waals surface area contributed by atoms with Gasteiger partial charge >= 0.3 is 0 Å². The highest BCUT2D eigenvalue weighted by Gasteiger charge is 2.01. The van der Waals surface area contributed by atoms with Gasteiger partial charge in [-0.25, -0.2) is 0 Å². The number of methoxy groups -OCH3 is 1. The zero-order valence-electron chi connectivity index (χ0n) is 10.8. The summed E-state index contributed by atoms with van der Waals surface area (Å²) in [5, 5.41) is 13.0. The molecule has 1 aromatic rings. The SMILES string of the molecule is CCCCCNCCc1ccc(OC)c(O)c1. The Morgan fingerprint density at radius 3 is 2.71 bits per heavy atom. The second kappa shape index (κ2) is 7.96. The maximum atomic E-state index is 9.62. The molecule has 3 nitrogen and oxygen atoms in total. The Morgan fingerprint density at radius 2 is 2.06 bits per heavy atom. The van der Waals surface area contributed by atoms with E-state index in [1.807, 2.05) is 12.1 Å². The number of benzene rings is 1. The molecule has 1 aromatic carbocycles. The molecule has 0 bridgehead atoms. The number of ether oxygens (including phenoxy) is 1. The minimum atomic E-state index is 0.219. The van der Waals surface area contributed by atoms with Gasteiger partial charge in [0, 0.05) is 0 Å². The third kappa shape index (κ3) is 5.09. The Balaban J connectivity index is 2.25. The number of aromatic hydroxyl groups is 1. The molecule has 0 unspecified atom stereocenters. The average Bonchev–Trinajstić information content (AvgIpc) is 2.34. The Morgan fingerprint density at radius 1 is 1.24 bits per heavy atom. The van der Waals surface area contributed by atoms with Crippen molar-refractivity contribution < 1.29 is 9.84 Å². The highest BCUT2D eigenvalue weighted by Crippen LogP contribution is 2.26. The molecule has 0 atom stereocenters. The fraction of sp³-hybridized carbons (Fsp3) is 0.571. The molecule has 2 N–H and O–H groups in total. The van der Waals surface area contributed by atoms with E-state index in [-0.39, 0.29) is 5.75 Å². The summed E-state index contributed by atoms with van der Waals surface area (Å²) in [6.45, 7) is 4.24. The Kier molecular flexibility index (Phi) is 6.48. The van der Waals surface area contributed by atoms with Gasteiger partial charge in [-0.15, -0.1) is 0 Å². The molecule has 0 heterocycles. The lowest BCUT2D eigenvalue weighted by molar-refractivity contribution is 0.373. The van der Waals surface area contributed by atoms with E-state index in [1.165, 1.54) is 19.3 Å². The van der Waals surface area contributed by atoms with Crippen LogP contribution in [0.25, 0.3) is 0 Å². The zero-order chi connectivity index (χ0) is 12.5. The first-order valence-corrected chi connectivity index (χ1v) is 6.34. The van der Waals surface area contributed by atoms with Crippen LogP contribution >= 0.6 is 0 Å². The zero-order valence-corrected chi connectivity index (χ0v) is 10.8. The normalized spacial score (nSPS) is 10.5. The van der Waals surface area contributed by atoms with Crippen LogP contribution in [0.1, 0.15) is 31.7 Å². The molecular formula is C14H23NO2. The quantitative estimate of drug-likeness (QED) is 0.683. The molecule has 1 rings (SSSR count). The smallest absolute Gasteiger partial charge is 0.160 e. The van der Waals surface area contributed by atoms with Crippen LogP contribution in [0.4, 0.5) is 0 Å². The van der Waals surface area contributed by atoms with Gasteiger partial charge in [-0.3, -0.25) is 0 Å². The summed E-state index contributed by atoms with van der Waals surface area (Å²) in [5.74, 6) is 0.751. The lowest BCUT2D eigenvalue weighted by Crippen LogP contribution is -2.18. The number of hydrogen-bond donors (Lipinski definition) is 2. The van der Waals surface area contributed by atoms with Crippen LogP contribution in [0, 0.1) is 0 Å². The van der Waals surface area contributed by atoms with Gasteiger partial charge < -0.3 is 15.2 Å². The first kappa shape index (κ1) is 13.8. The van der Waals surface area contributed by atoms with Crippen LogP contribution in [0.5, 0.6) is 11.5 Å². The maximum Gasteiger partial charge on any atom is 0.160 e. The van der Waals surface area contributed by atoms with Crippen LogP contribution in [0.3, 0.4) is 0 Å². The monoisotopic (exact) mass is 237 g/mol. The highest BCUT2D eigenvalue weighted by atomic mass is 16.5. The lowest BCUT2D eigenvalue weighted by Gasteiger charge is -2.07. The van der Waals surface area contributed by atoms with E-state index in [2.05, 4.69) is 12.2 Å². The van der Waals surface area contributed by atoms with Crippen LogP contribution in [-0.2, 0) is 6.42 Å². The lowest BCUT2D eigenvalue weighted by atomic mass is 10.1. The van der Waals surface area contributed by atoms with Gasteiger partial charge in [0.15, 0.2) is 11.5 Å². The molecule has 0 saturated carbocycles. The van der Waals surface area contributed by atoms with Crippen molar-refractivity contribution in [3.63, 3.8) is 0 Å². The van der Waals surface area contributed by atoms with Gasteiger partial charge in [0.05, 0.1) is 7.11 Å². The molecule has 0 spiro atoms. The van der Waals surface area contributed by atoms with E-state index in [9.17, 15) is 5.11 Å². The standard InChI is InChI=1S/C14H23NO2/c1-3-4-5-9-15-10-8-12-6-7-14(17-2)13(16)11-12/h6-7,11,15-16H,3-5,8-10H2,1-2H3. The Bertz CT molecular complexity index is 326. The van der Waals surface area contributed by atoms with Gasteiger partial charge in [-0.1, -0.05) is 25.8 Å². The first-order valence-electron chi connectivity index (χ1n) is 6.34. The van der Waals surface area contributed by atoms with Crippen molar-refractivity contribution in [3.05, 3.63) is 23.8 Å². The molecule has 0 aliphatic heterocycles. The van der Waals surface area contributed by atoms with Crippen LogP contribution in [0.2, 0.25) is 0 Å². The van der Waals surface area contributed by atoms with E-state index in [4.69, 9.17) is 4.74 Å². The largest absolute Gasteiger partial charge is 0.504 e. The third-order valence-electron chi connectivity index (χ3n) is 2.79. The van der Waals surface area contributed by atoms with Crippen molar-refractivity contribution in [1.82, 2.24) is 5.32 Å². The summed E-state index contributed by atoms with van der Waals surface area (Å²) < 4.78 is 5.00. The minimum absolute atomic E-state index is 0.219. The van der Waals surface area contributed by atoms with E-state index >= 15 is 0 Å². The van der Waals surface area contributed by atoms with Gasteiger partial charge in [0.25, 0.3) is 0 Å². The predicted molar refractivity (Wildman–Crippen MR) is 70.8 cm³/mol. The van der Waals surface area contributed by atoms with Gasteiger partial charge in [-0.05, 0) is 43.6 Å². The Labute approximate surface area is 104 Å². The van der Waals surface area contributed by atoms with Crippen molar-refractivity contribution in [3.8, 4) is 11.5 Å². The number of rotatable bonds is 8. The number of phenols is 1. The van der Waals surface area contributed by atoms with E-state index in [1.54, 1.807) is 13.2 Å². The molecular weight excluding hydrogens is 214 g/mol. The van der Waals surface area contributed by atoms with Crippen molar-refractivity contribution in [2.24, 2.45) is 0 Å². The van der Waals surface area contributed by atoms with Gasteiger partial charge in [-0.2, -0.15) is 0 Å². The number of nitrogens with one attached hydrogen (secondary N) is 1. The topological polar surface area (TPSA) is 41.5 Å². The second-order valence-electron chi connectivity index (χ2n) is 4.21. The number of hydrogen-bond acceptors (Lipinski definition) is 3. The summed E-state index contributed by atoms with van der Waals surface area (Å²) in [4.78, 5) is 0. The number of unbranched alkanes of at least 4 members (excludes halogenated alkanes) is 2. The molecule has 0 radical (unpaired) electrons. The summed E-state index contributed by atoms with van der Waals surface area (Å²) in [7, 11) is 1.56. The molecule has 96 valence electrons. The van der Waals surface area contributed by atoms with Crippen LogP contribution in [0.15, 0.2) is 18.2 Å². The molecule has 0 fully saturated rings. The molecule has 0 aromatic heterocycles. The second-order valence-corrected chi connectivity index (χ2v) is 4.21. The van der Waals surface area contributed by atoms with Crippen LogP contribution < -0.4 is 10.1 Å². The first-order chi connectivity index (χ1) is 8.27. The minimum Gasteiger partial charge on any atom is -0.504 e. The van der Waals surface area contributed by atoms with E-state index < -0.39 is 0 Å². The van der Waals surface area contributed by atoms with Crippen molar-refractivity contribution in [2.45, 2.75) is 32.6 Å². The number of phenolic OH excluding ortho intramolecular Hbond substituents is 1. The highest BCUT2D eigenvalue weighted by molar-refractivity contribution is 5.41. The van der Waals surface area contributed by atoms with Crippen LogP contribution in [-0.4, -0.2) is 25.3 Å². The fourth-order valence-electron chi connectivity index (χ4n) is 1.75. The summed E-state index contributed by atoms with van der Waals surface area (Å²) in [6.07, 6.45) is 4.72.